The van der Waals surface area contributed by atoms with Gasteiger partial charge in [0.15, 0.2) is 0 Å². The molecule has 0 aromatic heterocycles. The van der Waals surface area contributed by atoms with E-state index in [1.807, 2.05) is 4.72 Å². The van der Waals surface area contributed by atoms with Crippen molar-refractivity contribution in [3.05, 3.63) is 0 Å². The van der Waals surface area contributed by atoms with Crippen LogP contribution in [0.4, 0.5) is 13.2 Å². The third-order valence-electron chi connectivity index (χ3n) is 1.61. The first-order valence-electron chi connectivity index (χ1n) is 4.57. The highest BCUT2D eigenvalue weighted by molar-refractivity contribution is 7.87. The molecule has 0 amide bonds. The van der Waals surface area contributed by atoms with Crippen molar-refractivity contribution in [3.63, 3.8) is 0 Å². The Morgan fingerprint density at radius 1 is 1.41 bits per heavy atom. The summed E-state index contributed by atoms with van der Waals surface area (Å²) in [5.41, 5.74) is 0. The molecule has 0 bridgehead atoms. The molecule has 0 aromatic rings. The Kier molecular flexibility index (Phi) is 5.85. The summed E-state index contributed by atoms with van der Waals surface area (Å²) in [4.78, 5) is 10.2. The molecule has 0 spiro atoms. The maximum atomic E-state index is 11.7. The standard InChI is InChI=1S/C7H13F3N2O4S/c1-5(2-3-6(13)14)12-17(15,16)11-4-7(8,9)10/h5,11-12H,2-4H2,1H3,(H,13,14). The van der Waals surface area contributed by atoms with Crippen molar-refractivity contribution in [2.45, 2.75) is 32.0 Å². The largest absolute Gasteiger partial charge is 0.481 e. The van der Waals surface area contributed by atoms with E-state index in [2.05, 4.69) is 0 Å². The number of hydrogen-bond acceptors (Lipinski definition) is 3. The predicted octanol–water partition coefficient (Wildman–Crippen LogP) is 0.226. The van der Waals surface area contributed by atoms with Gasteiger partial charge in [0, 0.05) is 12.5 Å². The van der Waals surface area contributed by atoms with Crippen LogP contribution >= 0.6 is 0 Å². The van der Waals surface area contributed by atoms with Crippen molar-refractivity contribution in [1.82, 2.24) is 9.44 Å². The van der Waals surface area contributed by atoms with Crippen LogP contribution in [0.5, 0.6) is 0 Å². The van der Waals surface area contributed by atoms with Crippen LogP contribution in [0.15, 0.2) is 0 Å². The Balaban J connectivity index is 4.12. The molecule has 0 aliphatic carbocycles. The summed E-state index contributed by atoms with van der Waals surface area (Å²) in [6.45, 7) is -0.316. The van der Waals surface area contributed by atoms with Gasteiger partial charge in [0.05, 0.1) is 0 Å². The Bertz CT molecular complexity index is 355. The highest BCUT2D eigenvalue weighted by Gasteiger charge is 2.29. The summed E-state index contributed by atoms with van der Waals surface area (Å²) in [6, 6.07) is -0.767. The van der Waals surface area contributed by atoms with E-state index >= 15 is 0 Å². The lowest BCUT2D eigenvalue weighted by Crippen LogP contribution is -2.44. The number of halogens is 3. The zero-order chi connectivity index (χ0) is 13.7. The molecular weight excluding hydrogens is 265 g/mol. The molecule has 1 unspecified atom stereocenters. The first-order chi connectivity index (χ1) is 7.52. The lowest BCUT2D eigenvalue weighted by molar-refractivity contribution is -0.137. The molecule has 0 aromatic carbocycles. The number of nitrogens with one attached hydrogen (secondary N) is 2. The Morgan fingerprint density at radius 2 is 1.94 bits per heavy atom. The number of carbonyl (C=O) groups is 1. The fraction of sp³-hybridized carbons (Fsp3) is 0.857. The zero-order valence-corrected chi connectivity index (χ0v) is 9.73. The van der Waals surface area contributed by atoms with Gasteiger partial charge >= 0.3 is 12.1 Å². The van der Waals surface area contributed by atoms with Crippen molar-refractivity contribution in [2.75, 3.05) is 6.54 Å². The van der Waals surface area contributed by atoms with E-state index in [9.17, 15) is 26.4 Å². The van der Waals surface area contributed by atoms with Crippen LogP contribution in [0.3, 0.4) is 0 Å². The summed E-state index contributed by atoms with van der Waals surface area (Å²) in [5.74, 6) is -1.11. The first kappa shape index (κ1) is 16.1. The Labute approximate surface area is 96.4 Å². The van der Waals surface area contributed by atoms with E-state index in [1.54, 1.807) is 0 Å². The molecule has 1 atom stereocenters. The van der Waals surface area contributed by atoms with Gasteiger partial charge in [0.2, 0.25) is 0 Å². The van der Waals surface area contributed by atoms with Crippen LogP contribution in [0, 0.1) is 0 Å². The van der Waals surface area contributed by atoms with Crippen molar-refractivity contribution < 1.29 is 31.5 Å². The highest BCUT2D eigenvalue weighted by Crippen LogP contribution is 2.12. The van der Waals surface area contributed by atoms with E-state index in [-0.39, 0.29) is 12.8 Å². The minimum absolute atomic E-state index is 0.0116. The molecule has 0 fully saturated rings. The monoisotopic (exact) mass is 278 g/mol. The molecule has 10 heteroatoms. The number of rotatable bonds is 7. The average Bonchev–Trinajstić information content (AvgIpc) is 2.10. The number of aliphatic carboxylic acids is 1. The van der Waals surface area contributed by atoms with Crippen LogP contribution in [0.1, 0.15) is 19.8 Å². The minimum atomic E-state index is -4.64. The summed E-state index contributed by atoms with van der Waals surface area (Å²) in [5, 5.41) is 8.33. The smallest absolute Gasteiger partial charge is 0.402 e. The second-order valence-electron chi connectivity index (χ2n) is 3.39. The summed E-state index contributed by atoms with van der Waals surface area (Å²) in [7, 11) is -4.27. The third-order valence-corrected chi connectivity index (χ3v) is 2.85. The van der Waals surface area contributed by atoms with Crippen LogP contribution in [-0.4, -0.2) is 38.3 Å². The Hall–Kier alpha value is -0.870. The number of carboxylic acids is 1. The van der Waals surface area contributed by atoms with Gasteiger partial charge in [0.25, 0.3) is 10.2 Å². The normalized spacial score (nSPS) is 14.6. The van der Waals surface area contributed by atoms with Crippen molar-refractivity contribution in [2.24, 2.45) is 0 Å². The van der Waals surface area contributed by atoms with Gasteiger partial charge in [-0.15, -0.1) is 0 Å². The molecule has 6 nitrogen and oxygen atoms in total. The van der Waals surface area contributed by atoms with Crippen LogP contribution in [-0.2, 0) is 15.0 Å². The molecule has 0 rings (SSSR count). The molecule has 3 N–H and O–H groups in total. The zero-order valence-electron chi connectivity index (χ0n) is 8.91. The van der Waals surface area contributed by atoms with Gasteiger partial charge in [-0.05, 0) is 13.3 Å². The van der Waals surface area contributed by atoms with E-state index in [1.165, 1.54) is 11.6 Å². The Morgan fingerprint density at radius 3 is 2.35 bits per heavy atom. The molecular formula is C7H13F3N2O4S. The second kappa shape index (κ2) is 6.17. The summed E-state index contributed by atoms with van der Waals surface area (Å²) in [6.07, 6.45) is -4.93. The molecule has 0 aliphatic heterocycles. The maximum Gasteiger partial charge on any atom is 0.402 e. The maximum absolute atomic E-state index is 11.7. The molecule has 0 radical (unpaired) electrons. The minimum Gasteiger partial charge on any atom is -0.481 e. The third kappa shape index (κ3) is 10.0. The fourth-order valence-electron chi connectivity index (χ4n) is 0.882. The van der Waals surface area contributed by atoms with E-state index in [0.717, 1.165) is 0 Å². The number of alkyl halides is 3. The number of carboxylic acid groups (broad SMARTS) is 1. The number of hydrogen-bond donors (Lipinski definition) is 3. The summed E-state index contributed by atoms with van der Waals surface area (Å²) < 4.78 is 60.5. The fourth-order valence-corrected chi connectivity index (χ4v) is 1.97. The highest BCUT2D eigenvalue weighted by atomic mass is 32.2. The topological polar surface area (TPSA) is 95.5 Å². The molecule has 102 valence electrons. The molecule has 0 saturated carbocycles. The summed E-state index contributed by atoms with van der Waals surface area (Å²) >= 11 is 0. The van der Waals surface area contributed by atoms with Crippen molar-refractivity contribution in [3.8, 4) is 0 Å². The van der Waals surface area contributed by atoms with Crippen molar-refractivity contribution >= 4 is 16.2 Å². The SMILES string of the molecule is CC(CCC(=O)O)NS(=O)(=O)NCC(F)(F)F. The van der Waals surface area contributed by atoms with Gasteiger partial charge in [0.1, 0.15) is 6.54 Å². The van der Waals surface area contributed by atoms with Crippen LogP contribution in [0.25, 0.3) is 0 Å². The van der Waals surface area contributed by atoms with E-state index in [0.29, 0.717) is 0 Å². The lowest BCUT2D eigenvalue weighted by atomic mass is 10.2. The average molecular weight is 278 g/mol. The quantitative estimate of drug-likeness (QED) is 0.621. The van der Waals surface area contributed by atoms with Crippen LogP contribution in [0.2, 0.25) is 0 Å². The predicted molar refractivity (Wildman–Crippen MR) is 52.4 cm³/mol. The van der Waals surface area contributed by atoms with Crippen LogP contribution < -0.4 is 9.44 Å². The van der Waals surface area contributed by atoms with Gasteiger partial charge < -0.3 is 5.11 Å². The van der Waals surface area contributed by atoms with Gasteiger partial charge in [-0.1, -0.05) is 0 Å². The first-order valence-corrected chi connectivity index (χ1v) is 6.05. The van der Waals surface area contributed by atoms with Crippen molar-refractivity contribution in [1.29, 1.82) is 0 Å². The van der Waals surface area contributed by atoms with E-state index in [4.69, 9.17) is 5.11 Å². The van der Waals surface area contributed by atoms with Gasteiger partial charge in [-0.25, -0.2) is 0 Å². The molecule has 0 saturated heterocycles. The molecule has 0 heterocycles. The molecule has 0 aliphatic rings. The van der Waals surface area contributed by atoms with Gasteiger partial charge in [-0.3, -0.25) is 4.79 Å². The second-order valence-corrected chi connectivity index (χ2v) is 4.92. The lowest BCUT2D eigenvalue weighted by Gasteiger charge is -2.14. The molecule has 17 heavy (non-hydrogen) atoms. The van der Waals surface area contributed by atoms with E-state index < -0.39 is 34.9 Å². The van der Waals surface area contributed by atoms with Gasteiger partial charge in [-0.2, -0.15) is 31.0 Å².